The summed E-state index contributed by atoms with van der Waals surface area (Å²) in [7, 11) is 0. The zero-order valence-corrected chi connectivity index (χ0v) is 10.9. The van der Waals surface area contributed by atoms with Crippen molar-refractivity contribution in [1.29, 1.82) is 0 Å². The van der Waals surface area contributed by atoms with E-state index in [-0.39, 0.29) is 11.9 Å². The average molecular weight is 247 g/mol. The molecule has 3 heteroatoms. The van der Waals surface area contributed by atoms with Crippen molar-refractivity contribution in [3.05, 3.63) is 35.4 Å². The first-order chi connectivity index (χ1) is 8.69. The van der Waals surface area contributed by atoms with E-state index in [2.05, 4.69) is 11.8 Å². The quantitative estimate of drug-likeness (QED) is 0.826. The number of aliphatic hydroxyl groups excluding tert-OH is 1. The fourth-order valence-electron chi connectivity index (χ4n) is 2.30. The molecule has 2 rings (SSSR count). The summed E-state index contributed by atoms with van der Waals surface area (Å²) in [6.45, 7) is 4.22. The van der Waals surface area contributed by atoms with Crippen LogP contribution >= 0.6 is 0 Å². The van der Waals surface area contributed by atoms with Crippen LogP contribution in [0.4, 0.5) is 0 Å². The Morgan fingerprint density at radius 3 is 2.44 bits per heavy atom. The molecule has 0 aromatic heterocycles. The zero-order valence-electron chi connectivity index (χ0n) is 10.9. The van der Waals surface area contributed by atoms with Crippen molar-refractivity contribution in [2.45, 2.75) is 32.3 Å². The van der Waals surface area contributed by atoms with Gasteiger partial charge < -0.3 is 5.11 Å². The van der Waals surface area contributed by atoms with Gasteiger partial charge in [-0.1, -0.05) is 31.2 Å². The molecule has 1 fully saturated rings. The molecule has 1 aromatic carbocycles. The Bertz CT molecular complexity index is 391. The zero-order chi connectivity index (χ0) is 13.0. The molecule has 1 saturated heterocycles. The lowest BCUT2D eigenvalue weighted by molar-refractivity contribution is 0.0711. The number of rotatable bonds is 4. The molecule has 0 saturated carbocycles. The molecule has 1 aliphatic heterocycles. The first-order valence-corrected chi connectivity index (χ1v) is 6.71. The second-order valence-corrected chi connectivity index (χ2v) is 4.98. The van der Waals surface area contributed by atoms with Crippen molar-refractivity contribution in [3.63, 3.8) is 0 Å². The topological polar surface area (TPSA) is 40.5 Å². The first kappa shape index (κ1) is 13.2. The molecule has 98 valence electrons. The van der Waals surface area contributed by atoms with Gasteiger partial charge in [-0.2, -0.15) is 0 Å². The van der Waals surface area contributed by atoms with E-state index in [9.17, 15) is 9.90 Å². The molecular formula is C15H21NO2. The Hall–Kier alpha value is -1.19. The van der Waals surface area contributed by atoms with E-state index < -0.39 is 0 Å². The number of aliphatic hydroxyl groups is 1. The average Bonchev–Trinajstić information content (AvgIpc) is 2.41. The Morgan fingerprint density at radius 1 is 1.28 bits per heavy atom. The Kier molecular flexibility index (Phi) is 4.50. The van der Waals surface area contributed by atoms with E-state index in [0.29, 0.717) is 6.54 Å². The van der Waals surface area contributed by atoms with Crippen molar-refractivity contribution >= 4 is 5.78 Å². The van der Waals surface area contributed by atoms with Gasteiger partial charge in [0.05, 0.1) is 12.6 Å². The number of ketones is 1. The summed E-state index contributed by atoms with van der Waals surface area (Å²) in [6.07, 6.45) is 2.38. The predicted molar refractivity (Wildman–Crippen MR) is 71.8 cm³/mol. The van der Waals surface area contributed by atoms with Crippen LogP contribution in [0.1, 0.15) is 35.7 Å². The van der Waals surface area contributed by atoms with Gasteiger partial charge in [-0.05, 0) is 24.8 Å². The fourth-order valence-corrected chi connectivity index (χ4v) is 2.30. The summed E-state index contributed by atoms with van der Waals surface area (Å²) in [6, 6.07) is 7.88. The van der Waals surface area contributed by atoms with Gasteiger partial charge in [-0.3, -0.25) is 9.69 Å². The Morgan fingerprint density at radius 2 is 1.89 bits per heavy atom. The molecule has 0 unspecified atom stereocenters. The van der Waals surface area contributed by atoms with Crippen LogP contribution < -0.4 is 0 Å². The molecular weight excluding hydrogens is 226 g/mol. The number of likely N-dealkylation sites (tertiary alicyclic amines) is 1. The van der Waals surface area contributed by atoms with Gasteiger partial charge in [0, 0.05) is 18.7 Å². The second kappa shape index (κ2) is 6.12. The Labute approximate surface area is 108 Å². The van der Waals surface area contributed by atoms with E-state index in [1.165, 1.54) is 5.56 Å². The second-order valence-electron chi connectivity index (χ2n) is 4.98. The van der Waals surface area contributed by atoms with Gasteiger partial charge in [-0.15, -0.1) is 0 Å². The number of Topliss-reactive ketones (excluding diaryl/α,β-unsaturated/α-hetero) is 1. The molecule has 0 bridgehead atoms. The highest BCUT2D eigenvalue weighted by atomic mass is 16.3. The van der Waals surface area contributed by atoms with E-state index >= 15 is 0 Å². The number of carbonyl (C=O) groups excluding carboxylic acids is 1. The van der Waals surface area contributed by atoms with E-state index in [4.69, 9.17) is 0 Å². The summed E-state index contributed by atoms with van der Waals surface area (Å²) < 4.78 is 0. The largest absolute Gasteiger partial charge is 0.393 e. The lowest BCUT2D eigenvalue weighted by Gasteiger charge is -2.28. The molecule has 1 N–H and O–H groups in total. The molecule has 1 heterocycles. The molecule has 0 amide bonds. The van der Waals surface area contributed by atoms with Crippen molar-refractivity contribution in [2.24, 2.45) is 0 Å². The van der Waals surface area contributed by atoms with Crippen molar-refractivity contribution in [3.8, 4) is 0 Å². The fraction of sp³-hybridized carbons (Fsp3) is 0.533. The molecule has 0 radical (unpaired) electrons. The van der Waals surface area contributed by atoms with E-state index in [0.717, 1.165) is 37.9 Å². The number of benzene rings is 1. The molecule has 0 atom stereocenters. The number of hydrogen-bond acceptors (Lipinski definition) is 3. The number of carbonyl (C=O) groups is 1. The van der Waals surface area contributed by atoms with Crippen molar-refractivity contribution < 1.29 is 9.90 Å². The number of aryl methyl sites for hydroxylation is 1. The van der Waals surface area contributed by atoms with Gasteiger partial charge in [0.15, 0.2) is 5.78 Å². The lowest BCUT2D eigenvalue weighted by atomic mass is 10.0. The minimum atomic E-state index is -0.180. The van der Waals surface area contributed by atoms with Gasteiger partial charge in [0.1, 0.15) is 0 Å². The van der Waals surface area contributed by atoms with Gasteiger partial charge in [0.2, 0.25) is 0 Å². The highest BCUT2D eigenvalue weighted by molar-refractivity contribution is 5.97. The van der Waals surface area contributed by atoms with Crippen LogP contribution in [0.25, 0.3) is 0 Å². The first-order valence-electron chi connectivity index (χ1n) is 6.71. The molecule has 18 heavy (non-hydrogen) atoms. The summed E-state index contributed by atoms with van der Waals surface area (Å²) in [5.74, 6) is 0.175. The molecule has 1 aliphatic rings. The van der Waals surface area contributed by atoms with Crippen LogP contribution in [0.2, 0.25) is 0 Å². The van der Waals surface area contributed by atoms with Crippen LogP contribution in [-0.4, -0.2) is 41.5 Å². The summed E-state index contributed by atoms with van der Waals surface area (Å²) in [5, 5.41) is 9.42. The third-order valence-electron chi connectivity index (χ3n) is 3.61. The summed E-state index contributed by atoms with van der Waals surface area (Å²) in [4.78, 5) is 14.2. The number of piperidine rings is 1. The highest BCUT2D eigenvalue weighted by Crippen LogP contribution is 2.12. The van der Waals surface area contributed by atoms with Crippen LogP contribution in [0.15, 0.2) is 24.3 Å². The van der Waals surface area contributed by atoms with Crippen LogP contribution in [0.5, 0.6) is 0 Å². The van der Waals surface area contributed by atoms with Gasteiger partial charge in [0.25, 0.3) is 0 Å². The SMILES string of the molecule is CCc1ccc(C(=O)CN2CCC(O)CC2)cc1. The summed E-state index contributed by atoms with van der Waals surface area (Å²) in [5.41, 5.74) is 2.05. The molecule has 0 spiro atoms. The maximum atomic E-state index is 12.1. The van der Waals surface area contributed by atoms with Crippen LogP contribution in [0.3, 0.4) is 0 Å². The molecule has 1 aromatic rings. The normalized spacial score (nSPS) is 17.9. The van der Waals surface area contributed by atoms with Crippen LogP contribution in [-0.2, 0) is 6.42 Å². The number of nitrogens with zero attached hydrogens (tertiary/aromatic N) is 1. The van der Waals surface area contributed by atoms with E-state index in [1.807, 2.05) is 24.3 Å². The minimum absolute atomic E-state index is 0.175. The smallest absolute Gasteiger partial charge is 0.176 e. The third kappa shape index (κ3) is 3.40. The monoisotopic (exact) mass is 247 g/mol. The Balaban J connectivity index is 1.90. The third-order valence-corrected chi connectivity index (χ3v) is 3.61. The van der Waals surface area contributed by atoms with Crippen molar-refractivity contribution in [2.75, 3.05) is 19.6 Å². The van der Waals surface area contributed by atoms with Crippen molar-refractivity contribution in [1.82, 2.24) is 4.90 Å². The predicted octanol–water partition coefficient (Wildman–Crippen LogP) is 1.89. The van der Waals surface area contributed by atoms with Gasteiger partial charge in [-0.25, -0.2) is 0 Å². The minimum Gasteiger partial charge on any atom is -0.393 e. The highest BCUT2D eigenvalue weighted by Gasteiger charge is 2.19. The summed E-state index contributed by atoms with van der Waals surface area (Å²) >= 11 is 0. The maximum absolute atomic E-state index is 12.1. The lowest BCUT2D eigenvalue weighted by Crippen LogP contribution is -2.39. The van der Waals surface area contributed by atoms with Crippen LogP contribution in [0, 0.1) is 0 Å². The molecule has 0 aliphatic carbocycles. The maximum Gasteiger partial charge on any atom is 0.176 e. The standard InChI is InChI=1S/C15H21NO2/c1-2-12-3-5-13(6-4-12)15(18)11-16-9-7-14(17)8-10-16/h3-6,14,17H,2,7-11H2,1H3. The molecule has 3 nitrogen and oxygen atoms in total. The number of hydrogen-bond donors (Lipinski definition) is 1. The van der Waals surface area contributed by atoms with E-state index in [1.54, 1.807) is 0 Å². The van der Waals surface area contributed by atoms with Gasteiger partial charge >= 0.3 is 0 Å².